The molecule has 6 heteroatoms. The third kappa shape index (κ3) is 4.08. The fourth-order valence-corrected chi connectivity index (χ4v) is 3.19. The number of aromatic nitrogens is 2. The van der Waals surface area contributed by atoms with E-state index in [4.69, 9.17) is 5.73 Å². The molecule has 126 valence electrons. The molecule has 0 saturated carbocycles. The highest BCUT2D eigenvalue weighted by Crippen LogP contribution is 2.21. The molecule has 1 aromatic carbocycles. The van der Waals surface area contributed by atoms with Gasteiger partial charge in [0.25, 0.3) is 5.91 Å². The van der Waals surface area contributed by atoms with Gasteiger partial charge in [0.15, 0.2) is 0 Å². The van der Waals surface area contributed by atoms with Gasteiger partial charge in [-0.3, -0.25) is 14.7 Å². The van der Waals surface area contributed by atoms with Crippen LogP contribution in [0.3, 0.4) is 0 Å². The summed E-state index contributed by atoms with van der Waals surface area (Å²) in [6, 6.07) is 10.6. The van der Waals surface area contributed by atoms with Crippen LogP contribution in [0, 0.1) is 5.92 Å². The van der Waals surface area contributed by atoms with Crippen molar-refractivity contribution >= 4 is 11.7 Å². The van der Waals surface area contributed by atoms with E-state index in [2.05, 4.69) is 44.0 Å². The Morgan fingerprint density at radius 2 is 2.12 bits per heavy atom. The minimum atomic E-state index is -0.548. The van der Waals surface area contributed by atoms with Gasteiger partial charge < -0.3 is 10.6 Å². The highest BCUT2D eigenvalue weighted by molar-refractivity contribution is 5.90. The maximum absolute atomic E-state index is 11.2. The van der Waals surface area contributed by atoms with Gasteiger partial charge in [-0.1, -0.05) is 30.3 Å². The summed E-state index contributed by atoms with van der Waals surface area (Å²) in [5, 5.41) is 0. The number of nitrogens with two attached hydrogens (primary N) is 1. The molecule has 0 bridgehead atoms. The van der Waals surface area contributed by atoms with Crippen molar-refractivity contribution in [3.05, 3.63) is 54.0 Å². The lowest BCUT2D eigenvalue weighted by Gasteiger charge is -2.22. The van der Waals surface area contributed by atoms with Gasteiger partial charge >= 0.3 is 0 Å². The molecule has 3 rings (SSSR count). The van der Waals surface area contributed by atoms with Gasteiger partial charge in [-0.25, -0.2) is 4.98 Å². The molecule has 0 radical (unpaired) electrons. The lowest BCUT2D eigenvalue weighted by atomic mass is 10.1. The Balaban J connectivity index is 1.55. The van der Waals surface area contributed by atoms with Crippen LogP contribution < -0.4 is 10.6 Å². The number of carbonyl (C=O) groups excluding carboxylic acids is 1. The Morgan fingerprint density at radius 1 is 1.33 bits per heavy atom. The first-order valence-corrected chi connectivity index (χ1v) is 8.21. The Kier molecular flexibility index (Phi) is 5.05. The second kappa shape index (κ2) is 7.40. The maximum atomic E-state index is 11.2. The van der Waals surface area contributed by atoms with Crippen LogP contribution in [0.5, 0.6) is 0 Å². The van der Waals surface area contributed by atoms with E-state index in [0.717, 1.165) is 26.2 Å². The van der Waals surface area contributed by atoms with E-state index in [1.54, 1.807) is 6.20 Å². The van der Waals surface area contributed by atoms with Crippen LogP contribution in [0.4, 0.5) is 5.82 Å². The molecule has 0 spiro atoms. The van der Waals surface area contributed by atoms with Crippen molar-refractivity contribution in [1.29, 1.82) is 0 Å². The summed E-state index contributed by atoms with van der Waals surface area (Å²) in [6.07, 6.45) is 4.24. The number of amides is 1. The number of primary amides is 1. The van der Waals surface area contributed by atoms with Crippen LogP contribution in [-0.2, 0) is 6.54 Å². The third-order valence-electron chi connectivity index (χ3n) is 4.42. The second-order valence-electron chi connectivity index (χ2n) is 6.38. The van der Waals surface area contributed by atoms with Crippen LogP contribution in [0.2, 0.25) is 0 Å². The molecule has 0 aliphatic carbocycles. The number of benzene rings is 1. The van der Waals surface area contributed by atoms with Crippen molar-refractivity contribution in [2.75, 3.05) is 31.6 Å². The number of hydrogen-bond donors (Lipinski definition) is 1. The Labute approximate surface area is 142 Å². The molecule has 1 aromatic heterocycles. The van der Waals surface area contributed by atoms with E-state index in [1.807, 2.05) is 13.1 Å². The van der Waals surface area contributed by atoms with Crippen LogP contribution >= 0.6 is 0 Å². The summed E-state index contributed by atoms with van der Waals surface area (Å²) in [5.41, 5.74) is 6.83. The number of likely N-dealkylation sites (tertiary alicyclic amines) is 1. The molecule has 0 unspecified atom stereocenters. The number of rotatable bonds is 6. The predicted octanol–water partition coefficient (Wildman–Crippen LogP) is 1.53. The van der Waals surface area contributed by atoms with Crippen molar-refractivity contribution in [3.63, 3.8) is 0 Å². The molecule has 1 saturated heterocycles. The zero-order valence-corrected chi connectivity index (χ0v) is 13.9. The smallest absolute Gasteiger partial charge is 0.268 e. The van der Waals surface area contributed by atoms with E-state index < -0.39 is 5.91 Å². The normalized spacial score (nSPS) is 17.8. The average Bonchev–Trinajstić information content (AvgIpc) is 3.02. The standard InChI is InChI=1S/C18H23N5O/c1-22(17-10-20-9-16(21-17)18(19)24)11-15-7-8-23(13-15)12-14-5-3-2-4-6-14/h2-6,9-10,15H,7-8,11-13H2,1H3,(H2,19,24)/t15-/m1/s1. The molecule has 1 fully saturated rings. The lowest BCUT2D eigenvalue weighted by Crippen LogP contribution is -2.29. The molecule has 2 heterocycles. The lowest BCUT2D eigenvalue weighted by molar-refractivity contribution is 0.0995. The fraction of sp³-hybridized carbons (Fsp3) is 0.389. The molecular formula is C18H23N5O. The maximum Gasteiger partial charge on any atom is 0.268 e. The number of carbonyl (C=O) groups is 1. The average molecular weight is 325 g/mol. The zero-order chi connectivity index (χ0) is 16.9. The summed E-state index contributed by atoms with van der Waals surface area (Å²) in [5.74, 6) is 0.721. The highest BCUT2D eigenvalue weighted by Gasteiger charge is 2.24. The molecule has 6 nitrogen and oxygen atoms in total. The van der Waals surface area contributed by atoms with Gasteiger partial charge in [-0.2, -0.15) is 0 Å². The van der Waals surface area contributed by atoms with Gasteiger partial charge in [0.1, 0.15) is 11.5 Å². The van der Waals surface area contributed by atoms with E-state index in [9.17, 15) is 4.79 Å². The number of hydrogen-bond acceptors (Lipinski definition) is 5. The van der Waals surface area contributed by atoms with Crippen LogP contribution in [0.25, 0.3) is 0 Å². The van der Waals surface area contributed by atoms with Crippen LogP contribution in [0.15, 0.2) is 42.7 Å². The van der Waals surface area contributed by atoms with Gasteiger partial charge in [-0.05, 0) is 24.4 Å². The Hall–Kier alpha value is -2.47. The molecule has 1 aliphatic heterocycles. The molecule has 1 atom stereocenters. The van der Waals surface area contributed by atoms with E-state index >= 15 is 0 Å². The molecule has 1 amide bonds. The third-order valence-corrected chi connectivity index (χ3v) is 4.42. The van der Waals surface area contributed by atoms with Crippen LogP contribution in [-0.4, -0.2) is 47.5 Å². The van der Waals surface area contributed by atoms with Gasteiger partial charge in [0.05, 0.1) is 12.4 Å². The molecule has 24 heavy (non-hydrogen) atoms. The minimum Gasteiger partial charge on any atom is -0.364 e. The van der Waals surface area contributed by atoms with E-state index in [1.165, 1.54) is 18.2 Å². The highest BCUT2D eigenvalue weighted by atomic mass is 16.1. The first-order chi connectivity index (χ1) is 11.6. The molecular weight excluding hydrogens is 302 g/mol. The first-order valence-electron chi connectivity index (χ1n) is 8.21. The van der Waals surface area contributed by atoms with Crippen LogP contribution in [0.1, 0.15) is 22.5 Å². The van der Waals surface area contributed by atoms with Crippen molar-refractivity contribution in [2.45, 2.75) is 13.0 Å². The van der Waals surface area contributed by atoms with Gasteiger partial charge in [-0.15, -0.1) is 0 Å². The summed E-state index contributed by atoms with van der Waals surface area (Å²) < 4.78 is 0. The summed E-state index contributed by atoms with van der Waals surface area (Å²) in [6.45, 7) is 4.07. The molecule has 2 aromatic rings. The minimum absolute atomic E-state index is 0.205. The van der Waals surface area contributed by atoms with E-state index in [0.29, 0.717) is 11.7 Å². The molecule has 1 aliphatic rings. The Bertz CT molecular complexity index is 691. The van der Waals surface area contributed by atoms with Gasteiger partial charge in [0.2, 0.25) is 0 Å². The van der Waals surface area contributed by atoms with Gasteiger partial charge in [0, 0.05) is 26.7 Å². The fourth-order valence-electron chi connectivity index (χ4n) is 3.19. The Morgan fingerprint density at radius 3 is 2.88 bits per heavy atom. The van der Waals surface area contributed by atoms with Crippen molar-refractivity contribution in [1.82, 2.24) is 14.9 Å². The van der Waals surface area contributed by atoms with Crippen molar-refractivity contribution < 1.29 is 4.79 Å². The summed E-state index contributed by atoms with van der Waals surface area (Å²) in [4.78, 5) is 24.1. The van der Waals surface area contributed by atoms with E-state index in [-0.39, 0.29) is 5.69 Å². The molecule has 2 N–H and O–H groups in total. The quantitative estimate of drug-likeness (QED) is 0.872. The number of nitrogens with zero attached hydrogens (tertiary/aromatic N) is 4. The summed E-state index contributed by atoms with van der Waals surface area (Å²) in [7, 11) is 1.98. The topological polar surface area (TPSA) is 75.3 Å². The SMILES string of the molecule is CN(C[C@H]1CCN(Cc2ccccc2)C1)c1cncc(C(N)=O)n1. The van der Waals surface area contributed by atoms with Crippen molar-refractivity contribution in [2.24, 2.45) is 11.7 Å². The first kappa shape index (κ1) is 16.4. The largest absolute Gasteiger partial charge is 0.364 e. The monoisotopic (exact) mass is 325 g/mol. The predicted molar refractivity (Wildman–Crippen MR) is 93.6 cm³/mol. The van der Waals surface area contributed by atoms with Crippen molar-refractivity contribution in [3.8, 4) is 0 Å². The number of anilines is 1. The second-order valence-corrected chi connectivity index (χ2v) is 6.38. The zero-order valence-electron chi connectivity index (χ0n) is 13.9. The summed E-state index contributed by atoms with van der Waals surface area (Å²) >= 11 is 0.